The molecule has 0 fully saturated rings. The Labute approximate surface area is 114 Å². The predicted octanol–water partition coefficient (Wildman–Crippen LogP) is 2.48. The molecule has 0 unspecified atom stereocenters. The topological polar surface area (TPSA) is 55.1 Å². The van der Waals surface area contributed by atoms with Gasteiger partial charge >= 0.3 is 0 Å². The number of carbonyl (C=O) groups excluding carboxylic acids is 1. The van der Waals surface area contributed by atoms with Crippen LogP contribution in [0, 0.1) is 5.82 Å². The maximum absolute atomic E-state index is 13.0. The lowest BCUT2D eigenvalue weighted by Crippen LogP contribution is -2.25. The molecule has 0 saturated carbocycles. The van der Waals surface area contributed by atoms with Crippen molar-refractivity contribution < 1.29 is 9.18 Å². The molecular weight excluding hydrogens is 310 g/mol. The van der Waals surface area contributed by atoms with Gasteiger partial charge in [-0.2, -0.15) is 0 Å². The zero-order valence-electron chi connectivity index (χ0n) is 9.21. The highest BCUT2D eigenvalue weighted by molar-refractivity contribution is 9.10. The van der Waals surface area contributed by atoms with E-state index in [4.69, 9.17) is 5.73 Å². The van der Waals surface area contributed by atoms with Crippen LogP contribution in [0.4, 0.5) is 4.39 Å². The predicted molar refractivity (Wildman–Crippen MR) is 72.0 cm³/mol. The van der Waals surface area contributed by atoms with Crippen molar-refractivity contribution in [2.24, 2.45) is 5.73 Å². The van der Waals surface area contributed by atoms with Gasteiger partial charge in [-0.05, 0) is 37.6 Å². The van der Waals surface area contributed by atoms with E-state index < -0.39 is 5.82 Å². The Balaban J connectivity index is 0.00000256. The fourth-order valence-corrected chi connectivity index (χ4v) is 1.72. The summed E-state index contributed by atoms with van der Waals surface area (Å²) < 4.78 is 13.6. The lowest BCUT2D eigenvalue weighted by Gasteiger charge is -2.05. The first-order chi connectivity index (χ1) is 7.63. The number of hydrogen-bond acceptors (Lipinski definition) is 2. The molecule has 0 aliphatic heterocycles. The van der Waals surface area contributed by atoms with Gasteiger partial charge in [0.25, 0.3) is 5.91 Å². The molecule has 0 saturated heterocycles. The Morgan fingerprint density at radius 1 is 1.35 bits per heavy atom. The number of benzene rings is 1. The highest BCUT2D eigenvalue weighted by Crippen LogP contribution is 2.14. The van der Waals surface area contributed by atoms with Crippen molar-refractivity contribution in [2.75, 3.05) is 13.1 Å². The standard InChI is InChI=1S/C11H14BrFN2O.ClH/c12-9-5-8(6-10(13)7-9)11(16)15-4-2-1-3-14;/h5-7H,1-4,14H2,(H,15,16);1H. The summed E-state index contributed by atoms with van der Waals surface area (Å²) >= 11 is 3.14. The zero-order valence-corrected chi connectivity index (χ0v) is 11.6. The van der Waals surface area contributed by atoms with Gasteiger partial charge in [-0.25, -0.2) is 4.39 Å². The number of unbranched alkanes of at least 4 members (excludes halogenated alkanes) is 1. The molecule has 1 amide bonds. The summed E-state index contributed by atoms with van der Waals surface area (Å²) in [4.78, 5) is 11.6. The molecule has 0 spiro atoms. The molecule has 0 bridgehead atoms. The summed E-state index contributed by atoms with van der Waals surface area (Å²) in [6, 6.07) is 4.11. The number of amides is 1. The number of nitrogens with two attached hydrogens (primary N) is 1. The second kappa shape index (κ2) is 8.44. The lowest BCUT2D eigenvalue weighted by molar-refractivity contribution is 0.0952. The second-order valence-electron chi connectivity index (χ2n) is 3.41. The Bertz CT molecular complexity index is 356. The molecule has 1 rings (SSSR count). The van der Waals surface area contributed by atoms with Crippen LogP contribution in [0.2, 0.25) is 0 Å². The Hall–Kier alpha value is -0.650. The normalized spacial score (nSPS) is 9.59. The van der Waals surface area contributed by atoms with Crippen molar-refractivity contribution in [1.29, 1.82) is 0 Å². The molecule has 0 radical (unpaired) electrons. The van der Waals surface area contributed by atoms with Gasteiger partial charge in [-0.1, -0.05) is 15.9 Å². The first-order valence-corrected chi connectivity index (χ1v) is 5.87. The van der Waals surface area contributed by atoms with E-state index in [1.165, 1.54) is 12.1 Å². The minimum absolute atomic E-state index is 0. The third-order valence-corrected chi connectivity index (χ3v) is 2.50. The maximum Gasteiger partial charge on any atom is 0.251 e. The molecule has 0 atom stereocenters. The van der Waals surface area contributed by atoms with Crippen LogP contribution in [0.25, 0.3) is 0 Å². The van der Waals surface area contributed by atoms with Crippen molar-refractivity contribution >= 4 is 34.2 Å². The first kappa shape index (κ1) is 16.4. The minimum Gasteiger partial charge on any atom is -0.352 e. The van der Waals surface area contributed by atoms with Crippen LogP contribution in [0.1, 0.15) is 23.2 Å². The van der Waals surface area contributed by atoms with Crippen molar-refractivity contribution in [1.82, 2.24) is 5.32 Å². The molecule has 17 heavy (non-hydrogen) atoms. The van der Waals surface area contributed by atoms with E-state index in [0.717, 1.165) is 12.8 Å². The monoisotopic (exact) mass is 324 g/mol. The van der Waals surface area contributed by atoms with Crippen molar-refractivity contribution in [3.8, 4) is 0 Å². The van der Waals surface area contributed by atoms with E-state index in [0.29, 0.717) is 23.1 Å². The third-order valence-electron chi connectivity index (χ3n) is 2.04. The van der Waals surface area contributed by atoms with E-state index >= 15 is 0 Å². The summed E-state index contributed by atoms with van der Waals surface area (Å²) in [5.41, 5.74) is 5.65. The van der Waals surface area contributed by atoms with Crippen molar-refractivity contribution in [2.45, 2.75) is 12.8 Å². The SMILES string of the molecule is Cl.NCCCCNC(=O)c1cc(F)cc(Br)c1. The lowest BCUT2D eigenvalue weighted by atomic mass is 10.2. The van der Waals surface area contributed by atoms with Crippen molar-refractivity contribution in [3.63, 3.8) is 0 Å². The molecule has 6 heteroatoms. The fourth-order valence-electron chi connectivity index (χ4n) is 1.26. The molecule has 1 aromatic carbocycles. The fraction of sp³-hybridized carbons (Fsp3) is 0.364. The molecule has 0 aromatic heterocycles. The van der Waals surface area contributed by atoms with Crippen LogP contribution in [0.15, 0.2) is 22.7 Å². The highest BCUT2D eigenvalue weighted by atomic mass is 79.9. The highest BCUT2D eigenvalue weighted by Gasteiger charge is 2.07. The Morgan fingerprint density at radius 3 is 2.65 bits per heavy atom. The molecule has 3 nitrogen and oxygen atoms in total. The Morgan fingerprint density at radius 2 is 2.06 bits per heavy atom. The van der Waals surface area contributed by atoms with Gasteiger partial charge in [-0.15, -0.1) is 12.4 Å². The van der Waals surface area contributed by atoms with Gasteiger partial charge in [0.15, 0.2) is 0 Å². The zero-order chi connectivity index (χ0) is 12.0. The number of carbonyl (C=O) groups is 1. The van der Waals surface area contributed by atoms with Crippen LogP contribution in [0.3, 0.4) is 0 Å². The van der Waals surface area contributed by atoms with E-state index in [-0.39, 0.29) is 18.3 Å². The van der Waals surface area contributed by atoms with E-state index in [1.807, 2.05) is 0 Å². The average Bonchev–Trinajstić information content (AvgIpc) is 2.22. The van der Waals surface area contributed by atoms with Crippen LogP contribution in [-0.4, -0.2) is 19.0 Å². The summed E-state index contributed by atoms with van der Waals surface area (Å²) in [5, 5.41) is 2.71. The molecule has 0 heterocycles. The van der Waals surface area contributed by atoms with E-state index in [1.54, 1.807) is 6.07 Å². The van der Waals surface area contributed by atoms with Gasteiger partial charge in [0.05, 0.1) is 0 Å². The molecule has 0 aliphatic rings. The van der Waals surface area contributed by atoms with Crippen LogP contribution in [0.5, 0.6) is 0 Å². The van der Waals surface area contributed by atoms with Gasteiger partial charge < -0.3 is 11.1 Å². The number of halogens is 3. The quantitative estimate of drug-likeness (QED) is 0.817. The van der Waals surface area contributed by atoms with Gasteiger partial charge in [0.1, 0.15) is 5.82 Å². The van der Waals surface area contributed by atoms with Gasteiger partial charge in [0, 0.05) is 16.6 Å². The second-order valence-corrected chi connectivity index (χ2v) is 4.33. The molecule has 1 aromatic rings. The number of rotatable bonds is 5. The molecule has 96 valence electrons. The molecule has 3 N–H and O–H groups in total. The van der Waals surface area contributed by atoms with Gasteiger partial charge in [-0.3, -0.25) is 4.79 Å². The van der Waals surface area contributed by atoms with Gasteiger partial charge in [0.2, 0.25) is 0 Å². The van der Waals surface area contributed by atoms with E-state index in [9.17, 15) is 9.18 Å². The first-order valence-electron chi connectivity index (χ1n) is 5.08. The van der Waals surface area contributed by atoms with Crippen LogP contribution in [-0.2, 0) is 0 Å². The molecular formula is C11H15BrClFN2O. The Kier molecular flexibility index (Phi) is 8.12. The number of hydrogen-bond donors (Lipinski definition) is 2. The summed E-state index contributed by atoms with van der Waals surface area (Å²) in [6.07, 6.45) is 1.70. The average molecular weight is 326 g/mol. The van der Waals surface area contributed by atoms with Crippen LogP contribution < -0.4 is 11.1 Å². The largest absolute Gasteiger partial charge is 0.352 e. The summed E-state index contributed by atoms with van der Waals surface area (Å²) in [6.45, 7) is 1.17. The molecule has 0 aliphatic carbocycles. The summed E-state index contributed by atoms with van der Waals surface area (Å²) in [7, 11) is 0. The van der Waals surface area contributed by atoms with E-state index in [2.05, 4.69) is 21.2 Å². The third kappa shape index (κ3) is 6.00. The van der Waals surface area contributed by atoms with Crippen molar-refractivity contribution in [3.05, 3.63) is 34.1 Å². The summed E-state index contributed by atoms with van der Waals surface area (Å²) in [5.74, 6) is -0.696. The maximum atomic E-state index is 13.0. The van der Waals surface area contributed by atoms with Crippen LogP contribution >= 0.6 is 28.3 Å². The smallest absolute Gasteiger partial charge is 0.251 e. The number of nitrogens with one attached hydrogen (secondary N) is 1. The minimum atomic E-state index is -0.429.